The summed E-state index contributed by atoms with van der Waals surface area (Å²) in [7, 11) is 0. The molecule has 3 amide bonds. The SMILES string of the molecule is N#Cc1cccc(NC(=O)N[C@H]2CO[C@H]3[C@@H]2OC[C@H]3OC(=O)Nc2ccccc2)c1. The van der Waals surface area contributed by atoms with E-state index in [-0.39, 0.29) is 19.3 Å². The Kier molecular flexibility index (Phi) is 5.79. The number of rotatable bonds is 4. The predicted octanol–water partition coefficient (Wildman–Crippen LogP) is 2.46. The quantitative estimate of drug-likeness (QED) is 0.714. The van der Waals surface area contributed by atoms with Crippen molar-refractivity contribution in [2.75, 3.05) is 23.8 Å². The van der Waals surface area contributed by atoms with Crippen molar-refractivity contribution in [2.24, 2.45) is 0 Å². The molecule has 2 heterocycles. The zero-order valence-electron chi connectivity index (χ0n) is 15.9. The topological polar surface area (TPSA) is 122 Å². The van der Waals surface area contributed by atoms with E-state index < -0.39 is 30.4 Å². The molecule has 2 fully saturated rings. The lowest BCUT2D eigenvalue weighted by Gasteiger charge is -2.18. The summed E-state index contributed by atoms with van der Waals surface area (Å²) in [6, 6.07) is 16.8. The number of benzene rings is 2. The van der Waals surface area contributed by atoms with E-state index in [1.807, 2.05) is 24.3 Å². The molecule has 4 atom stereocenters. The molecule has 4 rings (SSSR count). The van der Waals surface area contributed by atoms with E-state index in [0.29, 0.717) is 16.9 Å². The number of fused-ring (bicyclic) bond motifs is 1. The number of amides is 3. The maximum Gasteiger partial charge on any atom is 0.412 e. The number of nitrogens with zero attached hydrogens (tertiary/aromatic N) is 1. The summed E-state index contributed by atoms with van der Waals surface area (Å²) in [5.41, 5.74) is 1.58. The normalized spacial score (nSPS) is 24.4. The molecule has 2 saturated heterocycles. The molecule has 2 aliphatic rings. The zero-order valence-corrected chi connectivity index (χ0v) is 15.9. The third kappa shape index (κ3) is 4.51. The van der Waals surface area contributed by atoms with E-state index in [2.05, 4.69) is 16.0 Å². The van der Waals surface area contributed by atoms with Crippen LogP contribution in [0.4, 0.5) is 21.0 Å². The smallest absolute Gasteiger partial charge is 0.412 e. The molecule has 2 aliphatic heterocycles. The molecule has 30 heavy (non-hydrogen) atoms. The van der Waals surface area contributed by atoms with Crippen LogP contribution in [0, 0.1) is 11.3 Å². The minimum absolute atomic E-state index is 0.182. The minimum Gasteiger partial charge on any atom is -0.441 e. The van der Waals surface area contributed by atoms with E-state index in [0.717, 1.165) is 0 Å². The van der Waals surface area contributed by atoms with Crippen LogP contribution in [0.5, 0.6) is 0 Å². The number of urea groups is 1. The fraction of sp³-hybridized carbons (Fsp3) is 0.286. The van der Waals surface area contributed by atoms with Gasteiger partial charge in [0.05, 0.1) is 30.9 Å². The second-order valence-corrected chi connectivity index (χ2v) is 6.93. The van der Waals surface area contributed by atoms with Crippen LogP contribution >= 0.6 is 0 Å². The van der Waals surface area contributed by atoms with E-state index in [9.17, 15) is 9.59 Å². The molecule has 3 N–H and O–H groups in total. The molecule has 0 unspecified atom stereocenters. The Balaban J connectivity index is 1.29. The summed E-state index contributed by atoms with van der Waals surface area (Å²) in [4.78, 5) is 24.4. The average Bonchev–Trinajstić information content (AvgIpc) is 3.32. The summed E-state index contributed by atoms with van der Waals surface area (Å²) in [6.45, 7) is 0.419. The summed E-state index contributed by atoms with van der Waals surface area (Å²) in [5.74, 6) is 0. The van der Waals surface area contributed by atoms with Gasteiger partial charge in [-0.1, -0.05) is 24.3 Å². The van der Waals surface area contributed by atoms with E-state index in [1.54, 1.807) is 36.4 Å². The molecular formula is C21H20N4O5. The van der Waals surface area contributed by atoms with Crippen LogP contribution in [0.25, 0.3) is 0 Å². The first-order valence-electron chi connectivity index (χ1n) is 9.46. The van der Waals surface area contributed by atoms with Crippen molar-refractivity contribution in [1.82, 2.24) is 5.32 Å². The van der Waals surface area contributed by atoms with Gasteiger partial charge in [-0.05, 0) is 30.3 Å². The highest BCUT2D eigenvalue weighted by atomic mass is 16.6. The van der Waals surface area contributed by atoms with Gasteiger partial charge >= 0.3 is 12.1 Å². The molecule has 2 aromatic rings. The first-order valence-corrected chi connectivity index (χ1v) is 9.46. The molecular weight excluding hydrogens is 388 g/mol. The number of hydrogen-bond donors (Lipinski definition) is 3. The van der Waals surface area contributed by atoms with Crippen LogP contribution in [0.3, 0.4) is 0 Å². The maximum atomic E-state index is 12.3. The van der Waals surface area contributed by atoms with Crippen LogP contribution < -0.4 is 16.0 Å². The molecule has 0 bridgehead atoms. The van der Waals surface area contributed by atoms with Crippen molar-refractivity contribution in [3.05, 3.63) is 60.2 Å². The Morgan fingerprint density at radius 1 is 0.967 bits per heavy atom. The Hall–Kier alpha value is -3.61. The maximum absolute atomic E-state index is 12.3. The molecule has 154 valence electrons. The predicted molar refractivity (Wildman–Crippen MR) is 107 cm³/mol. The van der Waals surface area contributed by atoms with Crippen LogP contribution in [0.2, 0.25) is 0 Å². The summed E-state index contributed by atoms with van der Waals surface area (Å²) in [5, 5.41) is 17.1. The van der Waals surface area contributed by atoms with Gasteiger partial charge in [0.2, 0.25) is 0 Å². The van der Waals surface area contributed by atoms with Gasteiger partial charge in [-0.15, -0.1) is 0 Å². The molecule has 0 spiro atoms. The molecule has 0 aliphatic carbocycles. The molecule has 9 heteroatoms. The zero-order chi connectivity index (χ0) is 20.9. The highest BCUT2D eigenvalue weighted by Crippen LogP contribution is 2.29. The summed E-state index contributed by atoms with van der Waals surface area (Å²) in [6.07, 6.45) is -2.04. The van der Waals surface area contributed by atoms with Gasteiger partial charge in [0, 0.05) is 11.4 Å². The fourth-order valence-corrected chi connectivity index (χ4v) is 3.50. The number of carbonyl (C=O) groups is 2. The highest BCUT2D eigenvalue weighted by Gasteiger charge is 2.50. The minimum atomic E-state index is -0.592. The largest absolute Gasteiger partial charge is 0.441 e. The average molecular weight is 408 g/mol. The number of carbonyl (C=O) groups excluding carboxylic acids is 2. The number of para-hydroxylation sites is 1. The van der Waals surface area contributed by atoms with Crippen molar-refractivity contribution in [1.29, 1.82) is 5.26 Å². The van der Waals surface area contributed by atoms with Gasteiger partial charge in [0.25, 0.3) is 0 Å². The lowest BCUT2D eigenvalue weighted by Crippen LogP contribution is -2.46. The standard InChI is InChI=1S/C21H20N4O5/c22-10-13-5-4-8-15(9-13)23-20(26)25-16-11-28-19-17(12-29-18(16)19)30-21(27)24-14-6-2-1-3-7-14/h1-9,16-19H,11-12H2,(H,24,27)(H2,23,25,26)/t16-,17+,18+,19+/m0/s1. The van der Waals surface area contributed by atoms with Crippen molar-refractivity contribution in [2.45, 2.75) is 24.4 Å². The summed E-state index contributed by atoms with van der Waals surface area (Å²) < 4.78 is 16.9. The number of anilines is 2. The monoisotopic (exact) mass is 408 g/mol. The van der Waals surface area contributed by atoms with E-state index in [1.165, 1.54) is 0 Å². The van der Waals surface area contributed by atoms with Gasteiger partial charge in [-0.25, -0.2) is 9.59 Å². The van der Waals surface area contributed by atoms with Gasteiger partial charge in [-0.3, -0.25) is 5.32 Å². The van der Waals surface area contributed by atoms with Crippen molar-refractivity contribution in [3.8, 4) is 6.07 Å². The fourth-order valence-electron chi connectivity index (χ4n) is 3.50. The molecule has 0 radical (unpaired) electrons. The van der Waals surface area contributed by atoms with Crippen LogP contribution in [0.1, 0.15) is 5.56 Å². The van der Waals surface area contributed by atoms with E-state index in [4.69, 9.17) is 19.5 Å². The first-order chi connectivity index (χ1) is 14.6. The summed E-state index contributed by atoms with van der Waals surface area (Å²) >= 11 is 0. The number of hydrogen-bond acceptors (Lipinski definition) is 6. The Bertz CT molecular complexity index is 961. The lowest BCUT2D eigenvalue weighted by atomic mass is 10.1. The van der Waals surface area contributed by atoms with Crippen molar-refractivity contribution in [3.63, 3.8) is 0 Å². The molecule has 9 nitrogen and oxygen atoms in total. The Morgan fingerprint density at radius 3 is 2.53 bits per heavy atom. The number of ether oxygens (including phenoxy) is 3. The second kappa shape index (κ2) is 8.82. The lowest BCUT2D eigenvalue weighted by molar-refractivity contribution is 0.00874. The Morgan fingerprint density at radius 2 is 1.73 bits per heavy atom. The van der Waals surface area contributed by atoms with Gasteiger partial charge in [0.15, 0.2) is 6.10 Å². The molecule has 2 aromatic carbocycles. The van der Waals surface area contributed by atoms with Crippen LogP contribution in [-0.2, 0) is 14.2 Å². The Labute approximate surface area is 172 Å². The number of nitrogens with one attached hydrogen (secondary N) is 3. The highest BCUT2D eigenvalue weighted by molar-refractivity contribution is 5.89. The van der Waals surface area contributed by atoms with Gasteiger partial charge in [0.1, 0.15) is 12.2 Å². The third-order valence-electron chi connectivity index (χ3n) is 4.85. The van der Waals surface area contributed by atoms with Crippen LogP contribution in [0.15, 0.2) is 54.6 Å². The van der Waals surface area contributed by atoms with E-state index >= 15 is 0 Å². The van der Waals surface area contributed by atoms with Gasteiger partial charge in [-0.2, -0.15) is 5.26 Å². The number of nitriles is 1. The first kappa shape index (κ1) is 19.7. The molecule has 0 saturated carbocycles. The van der Waals surface area contributed by atoms with Crippen molar-refractivity contribution < 1.29 is 23.8 Å². The second-order valence-electron chi connectivity index (χ2n) is 6.93. The third-order valence-corrected chi connectivity index (χ3v) is 4.85. The van der Waals surface area contributed by atoms with Crippen LogP contribution in [-0.4, -0.2) is 49.7 Å². The van der Waals surface area contributed by atoms with Crippen molar-refractivity contribution >= 4 is 23.5 Å². The molecule has 0 aromatic heterocycles. The van der Waals surface area contributed by atoms with Gasteiger partial charge < -0.3 is 24.8 Å².